The Bertz CT molecular complexity index is 1170. The molecule has 0 aliphatic heterocycles. The first kappa shape index (κ1) is 18.8. The van der Waals surface area contributed by atoms with E-state index in [1.54, 1.807) is 6.20 Å². The summed E-state index contributed by atoms with van der Waals surface area (Å²) in [6.07, 6.45) is 12.3. The second kappa shape index (κ2) is 7.64. The fraction of sp³-hybridized carbons (Fsp3) is 0.357. The molecule has 31 heavy (non-hydrogen) atoms. The minimum Gasteiger partial charge on any atom is -0.331 e. The monoisotopic (exact) mass is 408 g/mol. The van der Waals surface area contributed by atoms with Crippen LogP contribution in [0.15, 0.2) is 72.9 Å². The van der Waals surface area contributed by atoms with E-state index >= 15 is 0 Å². The first-order valence-corrected chi connectivity index (χ1v) is 11.7. The van der Waals surface area contributed by atoms with E-state index in [0.29, 0.717) is 23.3 Å². The molecule has 0 unspecified atom stereocenters. The van der Waals surface area contributed by atoms with E-state index in [0.717, 1.165) is 36.7 Å². The lowest BCUT2D eigenvalue weighted by molar-refractivity contribution is 0.0604. The van der Waals surface area contributed by atoms with Gasteiger partial charge in [0.25, 0.3) is 5.91 Å². The molecular formula is C28H28N2O. The zero-order valence-corrected chi connectivity index (χ0v) is 17.8. The number of pyridine rings is 1. The summed E-state index contributed by atoms with van der Waals surface area (Å²) in [5.41, 5.74) is 4.39. The van der Waals surface area contributed by atoms with Gasteiger partial charge in [-0.05, 0) is 73.1 Å². The Morgan fingerprint density at radius 2 is 1.90 bits per heavy atom. The van der Waals surface area contributed by atoms with Crippen LogP contribution >= 0.6 is 0 Å². The highest BCUT2D eigenvalue weighted by atomic mass is 16.2. The number of para-hydroxylation sites is 1. The Hall–Kier alpha value is -2.94. The third kappa shape index (κ3) is 3.37. The quantitative estimate of drug-likeness (QED) is 0.499. The SMILES string of the molecule is O=C(c1cnc2ccccc2c1)N(C[C@H]1C[C@@H]2C=C[C@H]1C2)[C@@H]1CCCc2ccccc21. The number of amides is 1. The third-order valence-corrected chi connectivity index (χ3v) is 7.66. The molecule has 1 fully saturated rings. The highest BCUT2D eigenvalue weighted by Crippen LogP contribution is 2.45. The Morgan fingerprint density at radius 1 is 1.03 bits per heavy atom. The highest BCUT2D eigenvalue weighted by Gasteiger charge is 2.39. The van der Waals surface area contributed by atoms with Gasteiger partial charge in [-0.15, -0.1) is 0 Å². The molecule has 1 heterocycles. The molecule has 4 atom stereocenters. The third-order valence-electron chi connectivity index (χ3n) is 7.66. The molecule has 1 aromatic heterocycles. The first-order chi connectivity index (χ1) is 15.3. The number of hydrogen-bond acceptors (Lipinski definition) is 2. The number of nitrogens with zero attached hydrogens (tertiary/aromatic N) is 2. The van der Waals surface area contributed by atoms with Crippen molar-refractivity contribution in [1.29, 1.82) is 0 Å². The van der Waals surface area contributed by atoms with E-state index in [-0.39, 0.29) is 11.9 Å². The smallest absolute Gasteiger partial charge is 0.255 e. The van der Waals surface area contributed by atoms with Gasteiger partial charge in [0.2, 0.25) is 0 Å². The summed E-state index contributed by atoms with van der Waals surface area (Å²) in [5, 5.41) is 1.03. The highest BCUT2D eigenvalue weighted by molar-refractivity contribution is 5.97. The van der Waals surface area contributed by atoms with Crippen molar-refractivity contribution in [3.63, 3.8) is 0 Å². The second-order valence-corrected chi connectivity index (χ2v) is 9.52. The number of fused-ring (bicyclic) bond motifs is 4. The van der Waals surface area contributed by atoms with E-state index < -0.39 is 0 Å². The molecule has 1 saturated carbocycles. The minimum atomic E-state index is 0.131. The Balaban J connectivity index is 1.38. The van der Waals surface area contributed by atoms with Crippen LogP contribution in [0, 0.1) is 17.8 Å². The Kier molecular flexibility index (Phi) is 4.63. The molecule has 0 saturated heterocycles. The number of aryl methyl sites for hydroxylation is 1. The summed E-state index contributed by atoms with van der Waals surface area (Å²) in [4.78, 5) is 20.7. The summed E-state index contributed by atoms with van der Waals surface area (Å²) in [5.74, 6) is 2.05. The van der Waals surface area contributed by atoms with Crippen LogP contribution in [0.25, 0.3) is 10.9 Å². The maximum Gasteiger partial charge on any atom is 0.255 e. The zero-order chi connectivity index (χ0) is 20.8. The number of rotatable bonds is 4. The van der Waals surface area contributed by atoms with Crippen LogP contribution in [0.5, 0.6) is 0 Å². The summed E-state index contributed by atoms with van der Waals surface area (Å²) >= 11 is 0. The van der Waals surface area contributed by atoms with Crippen molar-refractivity contribution in [2.75, 3.05) is 6.54 Å². The van der Waals surface area contributed by atoms with Gasteiger partial charge < -0.3 is 4.90 Å². The average molecular weight is 409 g/mol. The average Bonchev–Trinajstić information content (AvgIpc) is 3.45. The van der Waals surface area contributed by atoms with Crippen LogP contribution in [-0.4, -0.2) is 22.3 Å². The summed E-state index contributed by atoms with van der Waals surface area (Å²) < 4.78 is 0. The van der Waals surface area contributed by atoms with Crippen molar-refractivity contribution >= 4 is 16.8 Å². The molecule has 156 valence electrons. The molecule has 0 spiro atoms. The van der Waals surface area contributed by atoms with Crippen LogP contribution in [-0.2, 0) is 6.42 Å². The first-order valence-electron chi connectivity index (χ1n) is 11.7. The number of benzene rings is 2. The maximum atomic E-state index is 14.0. The van der Waals surface area contributed by atoms with E-state index in [9.17, 15) is 4.79 Å². The Morgan fingerprint density at radius 3 is 2.77 bits per heavy atom. The van der Waals surface area contributed by atoms with Crippen LogP contribution in [0.1, 0.15) is 53.2 Å². The van der Waals surface area contributed by atoms with Crippen LogP contribution in [0.2, 0.25) is 0 Å². The van der Waals surface area contributed by atoms with Crippen LogP contribution < -0.4 is 0 Å². The van der Waals surface area contributed by atoms with Gasteiger partial charge in [0, 0.05) is 18.1 Å². The molecule has 3 heteroatoms. The van der Waals surface area contributed by atoms with Crippen molar-refractivity contribution in [2.45, 2.75) is 38.1 Å². The molecule has 6 rings (SSSR count). The van der Waals surface area contributed by atoms with Crippen molar-refractivity contribution in [1.82, 2.24) is 9.88 Å². The summed E-state index contributed by atoms with van der Waals surface area (Å²) in [7, 11) is 0. The van der Waals surface area contributed by atoms with Gasteiger partial charge in [-0.1, -0.05) is 54.6 Å². The van der Waals surface area contributed by atoms with Gasteiger partial charge in [0.15, 0.2) is 0 Å². The molecule has 2 bridgehead atoms. The standard InChI is InChI=1S/C28H28N2O/c31-28(23-16-22-7-2-4-10-26(22)29-17-23)30(18-24-15-19-12-13-21(24)14-19)27-11-5-8-20-6-1-3-9-25(20)27/h1-4,6-7,9-10,12-13,16-17,19,21,24,27H,5,8,11,14-15,18H2/t19-,21+,24-,27-/m1/s1. The number of carbonyl (C=O) groups excluding carboxylic acids is 1. The predicted molar refractivity (Wildman–Crippen MR) is 124 cm³/mol. The van der Waals surface area contributed by atoms with Crippen molar-refractivity contribution in [3.05, 3.63) is 89.6 Å². The molecule has 3 aliphatic carbocycles. The molecule has 0 radical (unpaired) electrons. The number of hydrogen-bond donors (Lipinski definition) is 0. The van der Waals surface area contributed by atoms with E-state index in [2.05, 4.69) is 46.3 Å². The normalized spacial score (nSPS) is 26.2. The van der Waals surface area contributed by atoms with Gasteiger partial charge in [0.05, 0.1) is 17.1 Å². The lowest BCUT2D eigenvalue weighted by Gasteiger charge is -2.38. The van der Waals surface area contributed by atoms with Gasteiger partial charge >= 0.3 is 0 Å². The Labute approximate surface area is 183 Å². The van der Waals surface area contributed by atoms with Crippen molar-refractivity contribution in [3.8, 4) is 0 Å². The van der Waals surface area contributed by atoms with E-state index in [4.69, 9.17) is 0 Å². The van der Waals surface area contributed by atoms with Gasteiger partial charge in [-0.25, -0.2) is 0 Å². The van der Waals surface area contributed by atoms with E-state index in [1.807, 2.05) is 30.3 Å². The molecule has 0 N–H and O–H groups in total. The lowest BCUT2D eigenvalue weighted by atomic mass is 9.85. The van der Waals surface area contributed by atoms with Crippen molar-refractivity contribution in [2.24, 2.45) is 17.8 Å². The fourth-order valence-corrected chi connectivity index (χ4v) is 6.11. The molecule has 3 aromatic rings. The zero-order valence-electron chi connectivity index (χ0n) is 17.8. The predicted octanol–water partition coefficient (Wildman–Crippen LogP) is 5.97. The van der Waals surface area contributed by atoms with Gasteiger partial charge in [-0.3, -0.25) is 9.78 Å². The number of allylic oxidation sites excluding steroid dienone is 2. The topological polar surface area (TPSA) is 33.2 Å². The largest absolute Gasteiger partial charge is 0.331 e. The van der Waals surface area contributed by atoms with Gasteiger partial charge in [-0.2, -0.15) is 0 Å². The molecular weight excluding hydrogens is 380 g/mol. The maximum absolute atomic E-state index is 14.0. The number of aromatic nitrogens is 1. The summed E-state index contributed by atoms with van der Waals surface area (Å²) in [6, 6.07) is 18.9. The molecule has 3 aliphatic rings. The van der Waals surface area contributed by atoms with Gasteiger partial charge in [0.1, 0.15) is 0 Å². The summed E-state index contributed by atoms with van der Waals surface area (Å²) in [6.45, 7) is 0.843. The second-order valence-electron chi connectivity index (χ2n) is 9.52. The van der Waals surface area contributed by atoms with Crippen molar-refractivity contribution < 1.29 is 4.79 Å². The molecule has 2 aromatic carbocycles. The van der Waals surface area contributed by atoms with Crippen LogP contribution in [0.4, 0.5) is 0 Å². The van der Waals surface area contributed by atoms with E-state index in [1.165, 1.54) is 24.0 Å². The molecule has 3 nitrogen and oxygen atoms in total. The van der Waals surface area contributed by atoms with Crippen LogP contribution in [0.3, 0.4) is 0 Å². The fourth-order valence-electron chi connectivity index (χ4n) is 6.11. The lowest BCUT2D eigenvalue weighted by Crippen LogP contribution is -2.40. The molecule has 1 amide bonds. The minimum absolute atomic E-state index is 0.131. The number of carbonyl (C=O) groups is 1.